The summed E-state index contributed by atoms with van der Waals surface area (Å²) >= 11 is 1.52. The van der Waals surface area contributed by atoms with E-state index in [0.29, 0.717) is 0 Å². The van der Waals surface area contributed by atoms with Crippen molar-refractivity contribution >= 4 is 30.1 Å². The summed E-state index contributed by atoms with van der Waals surface area (Å²) in [5.74, 6) is -0.480. The Morgan fingerprint density at radius 3 is 2.78 bits per heavy atom. The number of hydrogen-bond donors (Lipinski definition) is 2. The van der Waals surface area contributed by atoms with Crippen LogP contribution in [-0.2, 0) is 18.4 Å². The zero-order valence-electron chi connectivity index (χ0n) is 13.2. The molecule has 1 atom stereocenters. The first-order valence-electron chi connectivity index (χ1n) is 6.81. The monoisotopic (exact) mass is 358 g/mol. The van der Waals surface area contributed by atoms with E-state index >= 15 is 0 Å². The van der Waals surface area contributed by atoms with Gasteiger partial charge in [-0.1, -0.05) is 0 Å². The Hall–Kier alpha value is -1.57. The highest BCUT2D eigenvalue weighted by Gasteiger charge is 2.20. The van der Waals surface area contributed by atoms with E-state index in [-0.39, 0.29) is 30.7 Å². The van der Waals surface area contributed by atoms with Crippen molar-refractivity contribution in [3.8, 4) is 0 Å². The van der Waals surface area contributed by atoms with Gasteiger partial charge in [0.2, 0.25) is 5.91 Å². The van der Waals surface area contributed by atoms with Crippen LogP contribution < -0.4 is 10.6 Å². The third-order valence-electron chi connectivity index (χ3n) is 3.30. The molecular formula is C15H20ClFN4OS. The predicted molar refractivity (Wildman–Crippen MR) is 92.3 cm³/mol. The molecule has 5 nitrogen and oxygen atoms in total. The summed E-state index contributed by atoms with van der Waals surface area (Å²) in [6.45, 7) is 0.283. The van der Waals surface area contributed by atoms with Crippen molar-refractivity contribution in [2.45, 2.75) is 17.5 Å². The van der Waals surface area contributed by atoms with E-state index in [9.17, 15) is 9.18 Å². The Morgan fingerprint density at radius 1 is 1.48 bits per heavy atom. The largest absolute Gasteiger partial charge is 0.350 e. The second-order valence-corrected chi connectivity index (χ2v) is 5.69. The van der Waals surface area contributed by atoms with Crippen LogP contribution in [0.25, 0.3) is 0 Å². The lowest BCUT2D eigenvalue weighted by atomic mass is 10.1. The van der Waals surface area contributed by atoms with Gasteiger partial charge in [-0.25, -0.2) is 4.39 Å². The number of nitrogens with one attached hydrogen (secondary N) is 2. The zero-order chi connectivity index (χ0) is 16.1. The molecule has 2 aromatic rings. The first-order valence-corrected chi connectivity index (χ1v) is 8.03. The smallest absolute Gasteiger partial charge is 0.242 e. The van der Waals surface area contributed by atoms with Crippen LogP contribution >= 0.6 is 24.2 Å². The second-order valence-electron chi connectivity index (χ2n) is 4.84. The predicted octanol–water partition coefficient (Wildman–Crippen LogP) is 2.28. The molecule has 0 saturated carbocycles. The Bertz CT molecular complexity index is 665. The standard InChI is InChI=1S/C15H19FN4OS.ClH/c1-17-14(11-8-19-20(2)9-11)15(21)18-7-10-6-12(16)4-5-13(10)22-3;/h4-6,8-9,14,17H,7H2,1-3H3,(H,18,21);1H. The van der Waals surface area contributed by atoms with Gasteiger partial charge < -0.3 is 10.6 Å². The first-order chi connectivity index (χ1) is 10.5. The number of halogens is 2. The number of aryl methyl sites for hydroxylation is 1. The van der Waals surface area contributed by atoms with Gasteiger partial charge >= 0.3 is 0 Å². The van der Waals surface area contributed by atoms with E-state index in [2.05, 4.69) is 15.7 Å². The maximum absolute atomic E-state index is 13.4. The highest BCUT2D eigenvalue weighted by Crippen LogP contribution is 2.21. The molecule has 8 heteroatoms. The molecule has 2 rings (SSSR count). The molecule has 1 unspecified atom stereocenters. The normalized spacial score (nSPS) is 11.7. The van der Waals surface area contributed by atoms with Crippen LogP contribution in [0.4, 0.5) is 4.39 Å². The fourth-order valence-electron chi connectivity index (χ4n) is 2.21. The van der Waals surface area contributed by atoms with Gasteiger partial charge in [0.1, 0.15) is 11.9 Å². The molecule has 0 spiro atoms. The number of hydrogen-bond acceptors (Lipinski definition) is 4. The van der Waals surface area contributed by atoms with Gasteiger partial charge in [0.05, 0.1) is 6.20 Å². The van der Waals surface area contributed by atoms with E-state index in [1.54, 1.807) is 37.2 Å². The molecule has 0 aliphatic rings. The molecule has 0 fully saturated rings. The fourth-order valence-corrected chi connectivity index (χ4v) is 2.81. The van der Waals surface area contributed by atoms with Crippen molar-refractivity contribution < 1.29 is 9.18 Å². The molecule has 1 heterocycles. The highest BCUT2D eigenvalue weighted by atomic mass is 35.5. The van der Waals surface area contributed by atoms with Gasteiger partial charge in [-0.05, 0) is 37.1 Å². The molecule has 2 N–H and O–H groups in total. The minimum absolute atomic E-state index is 0. The summed E-state index contributed by atoms with van der Waals surface area (Å²) in [5.41, 5.74) is 1.55. The molecule has 1 aromatic heterocycles. The third-order valence-corrected chi connectivity index (χ3v) is 4.14. The minimum Gasteiger partial charge on any atom is -0.350 e. The van der Waals surface area contributed by atoms with E-state index in [1.807, 2.05) is 6.26 Å². The Morgan fingerprint density at radius 2 is 2.22 bits per heavy atom. The number of aromatic nitrogens is 2. The lowest BCUT2D eigenvalue weighted by Crippen LogP contribution is -2.35. The molecule has 126 valence electrons. The van der Waals surface area contributed by atoms with E-state index in [1.165, 1.54) is 23.9 Å². The van der Waals surface area contributed by atoms with Crippen LogP contribution in [0.3, 0.4) is 0 Å². The summed E-state index contributed by atoms with van der Waals surface area (Å²) in [4.78, 5) is 13.3. The number of thioether (sulfide) groups is 1. The number of rotatable bonds is 6. The molecule has 0 radical (unpaired) electrons. The van der Waals surface area contributed by atoms with E-state index < -0.39 is 6.04 Å². The van der Waals surface area contributed by atoms with Gasteiger partial charge in [-0.3, -0.25) is 9.48 Å². The average molecular weight is 359 g/mol. The van der Waals surface area contributed by atoms with Crippen molar-refractivity contribution in [1.82, 2.24) is 20.4 Å². The van der Waals surface area contributed by atoms with Crippen molar-refractivity contribution in [2.24, 2.45) is 7.05 Å². The fraction of sp³-hybridized carbons (Fsp3) is 0.333. The van der Waals surface area contributed by atoms with Crippen molar-refractivity contribution in [1.29, 1.82) is 0 Å². The molecule has 0 aliphatic carbocycles. The zero-order valence-corrected chi connectivity index (χ0v) is 14.8. The second kappa shape index (κ2) is 8.90. The van der Waals surface area contributed by atoms with Crippen LogP contribution in [-0.4, -0.2) is 29.0 Å². The number of amides is 1. The summed E-state index contributed by atoms with van der Waals surface area (Å²) in [6, 6.07) is 4.10. The van der Waals surface area contributed by atoms with Crippen molar-refractivity contribution in [3.05, 3.63) is 47.5 Å². The number of nitrogens with zero attached hydrogens (tertiary/aromatic N) is 2. The number of benzene rings is 1. The Balaban J connectivity index is 0.00000264. The maximum atomic E-state index is 13.4. The molecule has 1 aromatic carbocycles. The van der Waals surface area contributed by atoms with Crippen molar-refractivity contribution in [2.75, 3.05) is 13.3 Å². The lowest BCUT2D eigenvalue weighted by Gasteiger charge is -2.15. The van der Waals surface area contributed by atoms with Gasteiger partial charge in [-0.15, -0.1) is 24.2 Å². The quantitative estimate of drug-likeness (QED) is 0.778. The first kappa shape index (κ1) is 19.5. The van der Waals surface area contributed by atoms with Crippen LogP contribution in [0.1, 0.15) is 17.2 Å². The molecule has 0 aliphatic heterocycles. The van der Waals surface area contributed by atoms with Gasteiger partial charge in [0, 0.05) is 30.2 Å². The number of likely N-dealkylation sites (N-methyl/N-ethyl adjacent to an activating group) is 1. The minimum atomic E-state index is -0.486. The molecule has 0 bridgehead atoms. The van der Waals surface area contributed by atoms with Gasteiger partial charge in [0.25, 0.3) is 0 Å². The average Bonchev–Trinajstić information content (AvgIpc) is 2.92. The van der Waals surface area contributed by atoms with Gasteiger partial charge in [0.15, 0.2) is 0 Å². The summed E-state index contributed by atoms with van der Waals surface area (Å²) in [7, 11) is 3.51. The third kappa shape index (κ3) is 4.95. The number of carbonyl (C=O) groups excluding carboxylic acids is 1. The van der Waals surface area contributed by atoms with E-state index in [0.717, 1.165) is 16.0 Å². The van der Waals surface area contributed by atoms with Crippen LogP contribution in [0.5, 0.6) is 0 Å². The SMILES string of the molecule is CNC(C(=O)NCc1cc(F)ccc1SC)c1cnn(C)c1.Cl. The summed E-state index contributed by atoms with van der Waals surface area (Å²) in [5, 5.41) is 9.87. The molecule has 0 saturated heterocycles. The Kier molecular flexibility index (Phi) is 7.54. The van der Waals surface area contributed by atoms with Crippen LogP contribution in [0.15, 0.2) is 35.5 Å². The number of carbonyl (C=O) groups is 1. The Labute approximate surface area is 145 Å². The summed E-state index contributed by atoms with van der Waals surface area (Å²) < 4.78 is 15.0. The van der Waals surface area contributed by atoms with E-state index in [4.69, 9.17) is 0 Å². The molecule has 23 heavy (non-hydrogen) atoms. The van der Waals surface area contributed by atoms with Crippen LogP contribution in [0.2, 0.25) is 0 Å². The molecular weight excluding hydrogens is 339 g/mol. The topological polar surface area (TPSA) is 59.0 Å². The van der Waals surface area contributed by atoms with Gasteiger partial charge in [-0.2, -0.15) is 5.10 Å². The summed E-state index contributed by atoms with van der Waals surface area (Å²) in [6.07, 6.45) is 5.36. The lowest BCUT2D eigenvalue weighted by molar-refractivity contribution is -0.123. The molecule has 1 amide bonds. The van der Waals surface area contributed by atoms with Crippen LogP contribution in [0, 0.1) is 5.82 Å². The highest BCUT2D eigenvalue weighted by molar-refractivity contribution is 7.98. The maximum Gasteiger partial charge on any atom is 0.242 e. The van der Waals surface area contributed by atoms with Crippen molar-refractivity contribution in [3.63, 3.8) is 0 Å².